The molecule has 3 rings (SSSR count). The number of carbonyl (C=O) groups excluding carboxylic acids is 1. The third-order valence-corrected chi connectivity index (χ3v) is 5.79. The molecule has 4 atom stereocenters. The Hall–Kier alpha value is -1.69. The van der Waals surface area contributed by atoms with Gasteiger partial charge in [0.2, 0.25) is 0 Å². The van der Waals surface area contributed by atoms with E-state index < -0.39 is 5.79 Å². The molecule has 5 nitrogen and oxygen atoms in total. The summed E-state index contributed by atoms with van der Waals surface area (Å²) < 4.78 is 17.4. The van der Waals surface area contributed by atoms with Gasteiger partial charge in [-0.15, -0.1) is 0 Å². The molecule has 2 fully saturated rings. The zero-order chi connectivity index (χ0) is 20.3. The first-order valence-electron chi connectivity index (χ1n) is 10.2. The zero-order valence-electron chi connectivity index (χ0n) is 17.5. The van der Waals surface area contributed by atoms with E-state index in [4.69, 9.17) is 14.2 Å². The summed E-state index contributed by atoms with van der Waals surface area (Å²) in [5.74, 6) is -0.421. The van der Waals surface area contributed by atoms with Crippen LogP contribution in [0.1, 0.15) is 39.7 Å². The van der Waals surface area contributed by atoms with Crippen LogP contribution in [-0.2, 0) is 25.5 Å². The van der Waals surface area contributed by atoms with Gasteiger partial charge in [-0.3, -0.25) is 9.69 Å². The van der Waals surface area contributed by atoms with Gasteiger partial charge in [0.15, 0.2) is 5.79 Å². The number of hydrogen-bond acceptors (Lipinski definition) is 5. The van der Waals surface area contributed by atoms with Gasteiger partial charge in [-0.1, -0.05) is 42.5 Å². The maximum atomic E-state index is 12.4. The predicted octanol–water partition coefficient (Wildman–Crippen LogP) is 3.78. The molecule has 1 aromatic carbocycles. The summed E-state index contributed by atoms with van der Waals surface area (Å²) in [6.07, 6.45) is 0.296. The number of hydrogen-bond donors (Lipinski definition) is 0. The second kappa shape index (κ2) is 8.76. The molecular weight excluding hydrogens is 354 g/mol. The van der Waals surface area contributed by atoms with Gasteiger partial charge in [0, 0.05) is 19.1 Å². The summed E-state index contributed by atoms with van der Waals surface area (Å²) >= 11 is 0. The lowest BCUT2D eigenvalue weighted by molar-refractivity contribution is -0.150. The Morgan fingerprint density at radius 3 is 2.61 bits per heavy atom. The molecule has 2 aliphatic heterocycles. The van der Waals surface area contributed by atoms with E-state index >= 15 is 0 Å². The molecule has 3 unspecified atom stereocenters. The average Bonchev–Trinajstić information content (AvgIpc) is 3.16. The van der Waals surface area contributed by atoms with Crippen LogP contribution in [0.25, 0.3) is 0 Å². The molecule has 2 aliphatic rings. The summed E-state index contributed by atoms with van der Waals surface area (Å²) in [5.41, 5.74) is 2.36. The van der Waals surface area contributed by atoms with Gasteiger partial charge in [-0.2, -0.15) is 0 Å². The summed E-state index contributed by atoms with van der Waals surface area (Å²) in [6.45, 7) is 14.6. The van der Waals surface area contributed by atoms with Crippen molar-refractivity contribution in [2.75, 3.05) is 19.8 Å². The van der Waals surface area contributed by atoms with Crippen molar-refractivity contribution in [3.05, 3.63) is 48.0 Å². The third kappa shape index (κ3) is 4.83. The van der Waals surface area contributed by atoms with E-state index in [-0.39, 0.29) is 30.0 Å². The van der Waals surface area contributed by atoms with Crippen molar-refractivity contribution in [3.63, 3.8) is 0 Å². The van der Waals surface area contributed by atoms with E-state index in [0.29, 0.717) is 19.6 Å². The Bertz CT molecular complexity index is 687. The average molecular weight is 388 g/mol. The van der Waals surface area contributed by atoms with Crippen LogP contribution in [0, 0.1) is 11.8 Å². The molecule has 2 saturated heterocycles. The molecule has 0 bridgehead atoms. The Labute approximate surface area is 168 Å². The molecule has 1 aromatic rings. The number of nitrogens with zero attached hydrogens (tertiary/aromatic N) is 1. The molecule has 0 saturated carbocycles. The Balaban J connectivity index is 1.88. The summed E-state index contributed by atoms with van der Waals surface area (Å²) in [7, 11) is 0. The maximum absolute atomic E-state index is 12.4. The van der Waals surface area contributed by atoms with Gasteiger partial charge in [0.25, 0.3) is 0 Å². The van der Waals surface area contributed by atoms with E-state index in [0.717, 1.165) is 18.7 Å². The van der Waals surface area contributed by atoms with Crippen molar-refractivity contribution in [1.82, 2.24) is 4.90 Å². The van der Waals surface area contributed by atoms with Crippen molar-refractivity contribution in [2.24, 2.45) is 11.8 Å². The topological polar surface area (TPSA) is 48.0 Å². The Kier molecular flexibility index (Phi) is 6.58. The predicted molar refractivity (Wildman–Crippen MR) is 109 cm³/mol. The second-order valence-electron chi connectivity index (χ2n) is 8.40. The number of esters is 1. The maximum Gasteiger partial charge on any atom is 0.306 e. The van der Waals surface area contributed by atoms with Crippen LogP contribution in [-0.4, -0.2) is 48.6 Å². The lowest BCUT2D eigenvalue weighted by Gasteiger charge is -2.33. The number of rotatable bonds is 7. The minimum Gasteiger partial charge on any atom is -0.466 e. The smallest absolute Gasteiger partial charge is 0.306 e. The van der Waals surface area contributed by atoms with Crippen LogP contribution in [0.15, 0.2) is 42.5 Å². The lowest BCUT2D eigenvalue weighted by atomic mass is 9.82. The van der Waals surface area contributed by atoms with Crippen LogP contribution in [0.3, 0.4) is 0 Å². The summed E-state index contributed by atoms with van der Waals surface area (Å²) in [4.78, 5) is 14.8. The van der Waals surface area contributed by atoms with Gasteiger partial charge in [-0.25, -0.2) is 0 Å². The zero-order valence-corrected chi connectivity index (χ0v) is 17.5. The van der Waals surface area contributed by atoms with Crippen molar-refractivity contribution in [2.45, 2.75) is 58.6 Å². The molecule has 28 heavy (non-hydrogen) atoms. The van der Waals surface area contributed by atoms with Crippen LogP contribution >= 0.6 is 0 Å². The Morgan fingerprint density at radius 2 is 2.04 bits per heavy atom. The van der Waals surface area contributed by atoms with Crippen molar-refractivity contribution in [1.29, 1.82) is 0 Å². The molecule has 2 heterocycles. The van der Waals surface area contributed by atoms with Crippen LogP contribution in [0.2, 0.25) is 0 Å². The van der Waals surface area contributed by atoms with Crippen LogP contribution in [0.5, 0.6) is 0 Å². The fourth-order valence-corrected chi connectivity index (χ4v) is 4.60. The molecule has 0 amide bonds. The monoisotopic (exact) mass is 387 g/mol. The molecule has 154 valence electrons. The van der Waals surface area contributed by atoms with Crippen LogP contribution in [0.4, 0.5) is 0 Å². The number of carbonyl (C=O) groups is 1. The molecule has 0 N–H and O–H groups in total. The largest absolute Gasteiger partial charge is 0.466 e. The highest BCUT2D eigenvalue weighted by Gasteiger charge is 2.50. The first-order valence-corrected chi connectivity index (χ1v) is 10.2. The molecule has 0 aromatic heterocycles. The van der Waals surface area contributed by atoms with Gasteiger partial charge >= 0.3 is 5.97 Å². The van der Waals surface area contributed by atoms with Crippen LogP contribution < -0.4 is 0 Å². The van der Waals surface area contributed by atoms with Crippen molar-refractivity contribution in [3.8, 4) is 0 Å². The fourth-order valence-electron chi connectivity index (χ4n) is 4.60. The SMILES string of the molecule is C=C(C)C1CN(Cc2ccccc2)C([C@@H]2COC(C)(C)O2)C1CC(=O)OCC. The highest BCUT2D eigenvalue weighted by atomic mass is 16.7. The minimum atomic E-state index is -0.598. The number of likely N-dealkylation sites (tertiary alicyclic amines) is 1. The van der Waals surface area contributed by atoms with Gasteiger partial charge in [-0.05, 0) is 45.1 Å². The van der Waals surface area contributed by atoms with E-state index in [9.17, 15) is 4.79 Å². The quantitative estimate of drug-likeness (QED) is 0.526. The second-order valence-corrected chi connectivity index (χ2v) is 8.40. The van der Waals surface area contributed by atoms with E-state index in [1.807, 2.05) is 26.8 Å². The van der Waals surface area contributed by atoms with Crippen molar-refractivity contribution >= 4 is 5.97 Å². The highest BCUT2D eigenvalue weighted by Crippen LogP contribution is 2.42. The van der Waals surface area contributed by atoms with E-state index in [1.165, 1.54) is 5.56 Å². The molecule has 0 spiro atoms. The molecule has 0 aliphatic carbocycles. The molecule has 5 heteroatoms. The van der Waals surface area contributed by atoms with Gasteiger partial charge in [0.1, 0.15) is 6.10 Å². The fraction of sp³-hybridized carbons (Fsp3) is 0.609. The normalized spacial score (nSPS) is 29.7. The first kappa shape index (κ1) is 21.0. The first-order chi connectivity index (χ1) is 13.3. The van der Waals surface area contributed by atoms with Gasteiger partial charge < -0.3 is 14.2 Å². The summed E-state index contributed by atoms with van der Waals surface area (Å²) in [5, 5.41) is 0. The molecule has 0 radical (unpaired) electrons. The Morgan fingerprint density at radius 1 is 1.32 bits per heavy atom. The lowest BCUT2D eigenvalue weighted by Crippen LogP contribution is -2.45. The minimum absolute atomic E-state index is 0.0769. The third-order valence-electron chi connectivity index (χ3n) is 5.79. The van der Waals surface area contributed by atoms with E-state index in [1.54, 1.807) is 0 Å². The van der Waals surface area contributed by atoms with Crippen molar-refractivity contribution < 1.29 is 19.0 Å². The number of ether oxygens (including phenoxy) is 3. The standard InChI is InChI=1S/C23H33NO4/c1-6-26-21(25)12-18-19(16(2)3)14-24(13-17-10-8-7-9-11-17)22(18)20-15-27-23(4,5)28-20/h7-11,18-20,22H,2,6,12-15H2,1,3-5H3/t18?,19?,20-,22?/m0/s1. The van der Waals surface area contributed by atoms with E-state index in [2.05, 4.69) is 42.7 Å². The number of benzene rings is 1. The highest BCUT2D eigenvalue weighted by molar-refractivity contribution is 5.70. The van der Waals surface area contributed by atoms with Gasteiger partial charge in [0.05, 0.1) is 19.6 Å². The molecular formula is C23H33NO4. The summed E-state index contributed by atoms with van der Waals surface area (Å²) in [6, 6.07) is 10.5.